The van der Waals surface area contributed by atoms with E-state index in [4.69, 9.17) is 4.74 Å². The second-order valence-electron chi connectivity index (χ2n) is 8.06. The summed E-state index contributed by atoms with van der Waals surface area (Å²) in [5, 5.41) is 15.8. The number of ether oxygens (including phenoxy) is 1. The second-order valence-corrected chi connectivity index (χ2v) is 8.06. The Morgan fingerprint density at radius 2 is 2.03 bits per heavy atom. The molecule has 0 spiro atoms. The maximum Gasteiger partial charge on any atom is 0.435 e. The highest BCUT2D eigenvalue weighted by atomic mass is 19.4. The molecule has 2 bridgehead atoms. The van der Waals surface area contributed by atoms with E-state index in [0.29, 0.717) is 6.07 Å². The quantitative estimate of drug-likeness (QED) is 0.680. The molecule has 13 heteroatoms. The van der Waals surface area contributed by atoms with E-state index < -0.39 is 65.5 Å². The lowest BCUT2D eigenvalue weighted by atomic mass is 9.68. The summed E-state index contributed by atoms with van der Waals surface area (Å²) in [5.41, 5.74) is -4.00. The Morgan fingerprint density at radius 3 is 2.59 bits per heavy atom. The first kappa shape index (κ1) is 22.5. The number of hydrogen-bond donors (Lipinski definition) is 2. The van der Waals surface area contributed by atoms with Crippen molar-refractivity contribution in [2.75, 3.05) is 5.32 Å². The highest BCUT2D eigenvalue weighted by Crippen LogP contribution is 2.51. The van der Waals surface area contributed by atoms with Crippen LogP contribution in [0.4, 0.5) is 32.2 Å². The van der Waals surface area contributed by atoms with E-state index in [2.05, 4.69) is 15.4 Å². The van der Waals surface area contributed by atoms with Crippen LogP contribution in [0.3, 0.4) is 0 Å². The Kier molecular flexibility index (Phi) is 5.24. The van der Waals surface area contributed by atoms with Crippen LogP contribution in [0.1, 0.15) is 29.7 Å². The minimum Gasteiger partial charge on any atom is -0.390 e. The number of aromatic nitrogens is 3. The monoisotopic (exact) mass is 464 g/mol. The van der Waals surface area contributed by atoms with E-state index in [1.807, 2.05) is 0 Å². The molecule has 4 heterocycles. The molecule has 4 rings (SSSR count). The second kappa shape index (κ2) is 7.44. The Labute approximate surface area is 177 Å². The number of amides is 1. The Bertz CT molecular complexity index is 1030. The first-order chi connectivity index (χ1) is 14.8. The average Bonchev–Trinajstić information content (AvgIpc) is 3.33. The number of aryl methyl sites for hydroxylation is 1. The van der Waals surface area contributed by atoms with Gasteiger partial charge < -0.3 is 15.2 Å². The molecule has 32 heavy (non-hydrogen) atoms. The molecule has 1 amide bonds. The van der Waals surface area contributed by atoms with Gasteiger partial charge in [-0.2, -0.15) is 31.4 Å². The van der Waals surface area contributed by atoms with Gasteiger partial charge in [-0.1, -0.05) is 0 Å². The van der Waals surface area contributed by atoms with Gasteiger partial charge in [0, 0.05) is 31.4 Å². The lowest BCUT2D eigenvalue weighted by Crippen LogP contribution is -2.48. The number of aliphatic hydroxyl groups is 1. The predicted octanol–water partition coefficient (Wildman–Crippen LogP) is 2.94. The zero-order valence-electron chi connectivity index (χ0n) is 16.5. The summed E-state index contributed by atoms with van der Waals surface area (Å²) in [4.78, 5) is 17.0. The molecule has 2 fully saturated rings. The van der Waals surface area contributed by atoms with Crippen molar-refractivity contribution < 1.29 is 41.0 Å². The number of nitrogens with zero attached hydrogens (tertiary/aromatic N) is 3. The summed E-state index contributed by atoms with van der Waals surface area (Å²) in [7, 11) is 1.30. The van der Waals surface area contributed by atoms with Crippen LogP contribution in [0.15, 0.2) is 24.5 Å². The average molecular weight is 464 g/mol. The van der Waals surface area contributed by atoms with Crippen LogP contribution in [-0.4, -0.2) is 44.1 Å². The lowest BCUT2D eigenvalue weighted by molar-refractivity contribution is -0.143. The SMILES string of the molecule is Cn1cc(C[C@]2(C(=O)Nc3cc(C(F)(F)F)ccn3)C[C@H]3O[C@@H]2C[C@@H]3O)c(C(F)(F)F)n1. The summed E-state index contributed by atoms with van der Waals surface area (Å²) >= 11 is 0. The van der Waals surface area contributed by atoms with E-state index in [1.165, 1.54) is 7.05 Å². The fraction of sp³-hybridized carbons (Fsp3) is 0.526. The zero-order valence-corrected chi connectivity index (χ0v) is 16.5. The summed E-state index contributed by atoms with van der Waals surface area (Å²) < 4.78 is 85.9. The molecule has 4 atom stereocenters. The van der Waals surface area contributed by atoms with Crippen molar-refractivity contribution in [2.45, 2.75) is 49.9 Å². The highest BCUT2D eigenvalue weighted by molar-refractivity contribution is 5.95. The number of fused-ring (bicyclic) bond motifs is 2. The van der Waals surface area contributed by atoms with Gasteiger partial charge in [-0.3, -0.25) is 9.48 Å². The standard InChI is InChI=1S/C19H18F6N4O3/c1-29-8-9(15(28-29)19(23,24)25)6-17(7-12-11(30)5-13(17)32-12)16(31)27-14-4-10(2-3-26-14)18(20,21)22/h2-4,8,11-13,30H,5-7H2,1H3,(H,26,27,31)/t11-,12+,13+,17-/m0/s1. The first-order valence-corrected chi connectivity index (χ1v) is 9.57. The molecule has 0 aromatic carbocycles. The van der Waals surface area contributed by atoms with E-state index in [0.717, 1.165) is 23.1 Å². The van der Waals surface area contributed by atoms with Crippen molar-refractivity contribution in [3.8, 4) is 0 Å². The molecular formula is C19H18F6N4O3. The van der Waals surface area contributed by atoms with E-state index in [9.17, 15) is 36.2 Å². The number of nitrogens with one attached hydrogen (secondary N) is 1. The Hall–Kier alpha value is -2.67. The molecule has 2 saturated heterocycles. The lowest BCUT2D eigenvalue weighted by Gasteiger charge is -2.35. The third kappa shape index (κ3) is 3.94. The number of rotatable bonds is 4. The van der Waals surface area contributed by atoms with Crippen molar-refractivity contribution in [2.24, 2.45) is 12.5 Å². The summed E-state index contributed by atoms with van der Waals surface area (Å²) in [6.45, 7) is 0. The molecule has 0 radical (unpaired) electrons. The van der Waals surface area contributed by atoms with Crippen LogP contribution in [0.5, 0.6) is 0 Å². The van der Waals surface area contributed by atoms with E-state index >= 15 is 0 Å². The smallest absolute Gasteiger partial charge is 0.390 e. The van der Waals surface area contributed by atoms with Gasteiger partial charge in [0.25, 0.3) is 0 Å². The van der Waals surface area contributed by atoms with Crippen LogP contribution in [0.25, 0.3) is 0 Å². The van der Waals surface area contributed by atoms with Crippen molar-refractivity contribution in [3.63, 3.8) is 0 Å². The molecule has 2 aliphatic heterocycles. The molecule has 174 valence electrons. The van der Waals surface area contributed by atoms with Crippen LogP contribution in [-0.2, 0) is 35.4 Å². The molecule has 0 unspecified atom stereocenters. The number of carbonyl (C=O) groups is 1. The van der Waals surface area contributed by atoms with Crippen molar-refractivity contribution in [1.29, 1.82) is 0 Å². The minimum absolute atomic E-state index is 0.00964. The van der Waals surface area contributed by atoms with Crippen LogP contribution >= 0.6 is 0 Å². The third-order valence-electron chi connectivity index (χ3n) is 5.87. The number of alkyl halides is 6. The maximum atomic E-state index is 13.5. The molecule has 2 aliphatic rings. The molecular weight excluding hydrogens is 446 g/mol. The number of halogens is 6. The number of hydrogen-bond acceptors (Lipinski definition) is 5. The molecule has 2 N–H and O–H groups in total. The number of pyridine rings is 1. The Balaban J connectivity index is 1.68. The van der Waals surface area contributed by atoms with Gasteiger partial charge in [0.1, 0.15) is 5.82 Å². The fourth-order valence-corrected chi connectivity index (χ4v) is 4.43. The summed E-state index contributed by atoms with van der Waals surface area (Å²) in [6, 6.07) is 1.37. The van der Waals surface area contributed by atoms with Gasteiger partial charge in [0.05, 0.1) is 29.3 Å². The molecule has 0 saturated carbocycles. The first-order valence-electron chi connectivity index (χ1n) is 9.57. The molecule has 7 nitrogen and oxygen atoms in total. The largest absolute Gasteiger partial charge is 0.435 e. The van der Waals surface area contributed by atoms with Gasteiger partial charge in [-0.15, -0.1) is 0 Å². The number of anilines is 1. The van der Waals surface area contributed by atoms with Gasteiger partial charge in [-0.05, 0) is 25.0 Å². The number of carbonyl (C=O) groups excluding carboxylic acids is 1. The highest BCUT2D eigenvalue weighted by Gasteiger charge is 2.60. The molecule has 2 aromatic rings. The molecule has 0 aliphatic carbocycles. The van der Waals surface area contributed by atoms with Crippen molar-refractivity contribution in [1.82, 2.24) is 14.8 Å². The van der Waals surface area contributed by atoms with Gasteiger partial charge >= 0.3 is 12.4 Å². The third-order valence-corrected chi connectivity index (χ3v) is 5.87. The summed E-state index contributed by atoms with van der Waals surface area (Å²) in [5.74, 6) is -1.23. The van der Waals surface area contributed by atoms with Crippen LogP contribution < -0.4 is 5.32 Å². The number of aliphatic hydroxyl groups excluding tert-OH is 1. The van der Waals surface area contributed by atoms with E-state index in [-0.39, 0.29) is 18.4 Å². The van der Waals surface area contributed by atoms with E-state index in [1.54, 1.807) is 0 Å². The van der Waals surface area contributed by atoms with Crippen molar-refractivity contribution in [3.05, 3.63) is 41.3 Å². The minimum atomic E-state index is -4.77. The predicted molar refractivity (Wildman–Crippen MR) is 96.1 cm³/mol. The fourth-order valence-electron chi connectivity index (χ4n) is 4.43. The summed E-state index contributed by atoms with van der Waals surface area (Å²) in [6.07, 6.45) is -10.5. The molecule has 2 aromatic heterocycles. The van der Waals surface area contributed by atoms with Crippen molar-refractivity contribution >= 4 is 11.7 Å². The zero-order chi connectivity index (χ0) is 23.5. The topological polar surface area (TPSA) is 89.3 Å². The van der Waals surface area contributed by atoms with Crippen LogP contribution in [0.2, 0.25) is 0 Å². The maximum absolute atomic E-state index is 13.5. The van der Waals surface area contributed by atoms with Crippen LogP contribution in [0, 0.1) is 5.41 Å². The van der Waals surface area contributed by atoms with Gasteiger partial charge in [0.2, 0.25) is 5.91 Å². The van der Waals surface area contributed by atoms with Gasteiger partial charge in [0.15, 0.2) is 5.69 Å². The van der Waals surface area contributed by atoms with Gasteiger partial charge in [-0.25, -0.2) is 4.98 Å². The normalized spacial score (nSPS) is 27.7. The Morgan fingerprint density at radius 1 is 1.31 bits per heavy atom.